The lowest BCUT2D eigenvalue weighted by Crippen LogP contribution is -2.49. The first kappa shape index (κ1) is 17.4. The zero-order chi connectivity index (χ0) is 13.0. The van der Waals surface area contributed by atoms with Gasteiger partial charge in [0.15, 0.2) is 0 Å². The molecule has 2 heteroatoms. The fraction of sp³-hybridized carbons (Fsp3) is 1.00. The zero-order valence-corrected chi connectivity index (χ0v) is 13.9. The van der Waals surface area contributed by atoms with Crippen molar-refractivity contribution in [2.45, 2.75) is 72.1 Å². The van der Waals surface area contributed by atoms with Crippen LogP contribution < -0.4 is 0 Å². The maximum absolute atomic E-state index is 3.77. The molecule has 0 aromatic heterocycles. The highest BCUT2D eigenvalue weighted by Crippen LogP contribution is 2.17. The van der Waals surface area contributed by atoms with Gasteiger partial charge in [0.25, 0.3) is 0 Å². The van der Waals surface area contributed by atoms with E-state index in [-0.39, 0.29) is 0 Å². The predicted molar refractivity (Wildman–Crippen MR) is 82.6 cm³/mol. The van der Waals surface area contributed by atoms with Crippen molar-refractivity contribution >= 4 is 15.9 Å². The van der Waals surface area contributed by atoms with Crippen LogP contribution >= 0.6 is 15.9 Å². The fourth-order valence-electron chi connectivity index (χ4n) is 2.38. The third-order valence-corrected chi connectivity index (χ3v) is 4.78. The molecule has 1 nitrogen and oxygen atoms in total. The number of quaternary nitrogens is 1. The molecule has 0 amide bonds. The Bertz CT molecular complexity index is 151. The van der Waals surface area contributed by atoms with Crippen LogP contribution in [-0.4, -0.2) is 29.6 Å². The molecule has 0 fully saturated rings. The van der Waals surface area contributed by atoms with Crippen molar-refractivity contribution in [3.05, 3.63) is 0 Å². The molecule has 0 unspecified atom stereocenters. The Morgan fingerprint density at radius 1 is 0.647 bits per heavy atom. The van der Waals surface area contributed by atoms with E-state index in [9.17, 15) is 0 Å². The second kappa shape index (κ2) is 11.5. The molecule has 104 valence electrons. The maximum atomic E-state index is 3.77. The van der Waals surface area contributed by atoms with Crippen LogP contribution in [0.3, 0.4) is 0 Å². The molecule has 0 atom stereocenters. The highest BCUT2D eigenvalue weighted by Gasteiger charge is 2.23. The van der Waals surface area contributed by atoms with Gasteiger partial charge in [-0.2, -0.15) is 0 Å². The van der Waals surface area contributed by atoms with Crippen LogP contribution in [0, 0.1) is 0 Å². The van der Waals surface area contributed by atoms with Crippen LogP contribution in [0.5, 0.6) is 0 Å². The summed E-state index contributed by atoms with van der Waals surface area (Å²) in [5.41, 5.74) is 1.15. The van der Waals surface area contributed by atoms with Gasteiger partial charge in [0, 0.05) is 0 Å². The largest absolute Gasteiger partial charge is 0.315 e. The topological polar surface area (TPSA) is 0 Å². The molecule has 0 saturated heterocycles. The fourth-order valence-corrected chi connectivity index (χ4v) is 3.13. The highest BCUT2D eigenvalue weighted by atomic mass is 79.9. The molecule has 0 spiro atoms. The maximum Gasteiger partial charge on any atom is 0.134 e. The smallest absolute Gasteiger partial charge is 0.134 e. The Kier molecular flexibility index (Phi) is 11.8. The van der Waals surface area contributed by atoms with Gasteiger partial charge in [-0.25, -0.2) is 0 Å². The number of nitrogens with zero attached hydrogens (tertiary/aromatic N) is 1. The number of unbranched alkanes of at least 4 members (excludes halogenated alkanes) is 5. The predicted octanol–water partition coefficient (Wildman–Crippen LogP) is 5.34. The summed E-state index contributed by atoms with van der Waals surface area (Å²) in [6, 6.07) is 0. The Hall–Kier alpha value is 0.440. The second-order valence-corrected chi connectivity index (χ2v) is 5.90. The normalized spacial score (nSPS) is 12.0. The second-order valence-electron chi connectivity index (χ2n) is 5.40. The van der Waals surface area contributed by atoms with E-state index in [1.807, 2.05) is 0 Å². The molecule has 0 N–H and O–H groups in total. The number of hydrogen-bond donors (Lipinski definition) is 0. The van der Waals surface area contributed by atoms with Gasteiger partial charge in [0.2, 0.25) is 0 Å². The van der Waals surface area contributed by atoms with Gasteiger partial charge >= 0.3 is 0 Å². The quantitative estimate of drug-likeness (QED) is 0.198. The van der Waals surface area contributed by atoms with Gasteiger partial charge in [-0.05, 0) is 41.6 Å². The van der Waals surface area contributed by atoms with E-state index in [0.29, 0.717) is 0 Å². The standard InChI is InChI=1S/C15H33BrN/c1-4-7-10-11-14-17(15-16,12-8-5-2)13-9-6-3/h4-15H2,1-3H3/q+1. The third-order valence-electron chi connectivity index (χ3n) is 3.71. The Labute approximate surface area is 118 Å². The molecule has 0 radical (unpaired) electrons. The first-order chi connectivity index (χ1) is 8.24. The summed E-state index contributed by atoms with van der Waals surface area (Å²) in [7, 11) is 0. The minimum Gasteiger partial charge on any atom is -0.315 e. The van der Waals surface area contributed by atoms with Crippen molar-refractivity contribution in [1.82, 2.24) is 0 Å². The molecule has 0 aromatic carbocycles. The van der Waals surface area contributed by atoms with Gasteiger partial charge in [0.05, 0.1) is 19.6 Å². The van der Waals surface area contributed by atoms with E-state index in [4.69, 9.17) is 0 Å². The van der Waals surface area contributed by atoms with Crippen molar-refractivity contribution in [2.24, 2.45) is 0 Å². The van der Waals surface area contributed by atoms with Gasteiger partial charge in [0.1, 0.15) is 5.45 Å². The van der Waals surface area contributed by atoms with E-state index in [2.05, 4.69) is 36.7 Å². The minimum atomic E-state index is 1.15. The SMILES string of the molecule is CCCCCC[N+](CBr)(CCCC)CCCC. The number of alkyl halides is 1. The average Bonchev–Trinajstić information content (AvgIpc) is 2.37. The first-order valence-corrected chi connectivity index (χ1v) is 8.77. The van der Waals surface area contributed by atoms with Crippen molar-refractivity contribution < 1.29 is 4.48 Å². The van der Waals surface area contributed by atoms with Gasteiger partial charge in [-0.3, -0.25) is 0 Å². The summed E-state index contributed by atoms with van der Waals surface area (Å²) in [5.74, 6) is 0. The van der Waals surface area contributed by atoms with Crippen LogP contribution in [0.1, 0.15) is 72.1 Å². The minimum absolute atomic E-state index is 1.15. The van der Waals surface area contributed by atoms with Gasteiger partial charge in [-0.15, -0.1) is 0 Å². The lowest BCUT2D eigenvalue weighted by Gasteiger charge is -2.37. The van der Waals surface area contributed by atoms with Crippen LogP contribution in [0.15, 0.2) is 0 Å². The van der Waals surface area contributed by atoms with E-state index < -0.39 is 0 Å². The Morgan fingerprint density at radius 3 is 1.53 bits per heavy atom. The van der Waals surface area contributed by atoms with E-state index in [1.165, 1.54) is 75.5 Å². The van der Waals surface area contributed by atoms with Crippen LogP contribution in [0.4, 0.5) is 0 Å². The first-order valence-electron chi connectivity index (χ1n) is 7.65. The number of hydrogen-bond acceptors (Lipinski definition) is 0. The van der Waals surface area contributed by atoms with E-state index in [1.54, 1.807) is 0 Å². The monoisotopic (exact) mass is 306 g/mol. The van der Waals surface area contributed by atoms with Crippen LogP contribution in [0.2, 0.25) is 0 Å². The van der Waals surface area contributed by atoms with Crippen LogP contribution in [0.25, 0.3) is 0 Å². The molecule has 17 heavy (non-hydrogen) atoms. The zero-order valence-electron chi connectivity index (χ0n) is 12.3. The molecule has 0 saturated carbocycles. The molecule has 0 aromatic rings. The molecular formula is C15H33BrN+. The summed E-state index contributed by atoms with van der Waals surface area (Å²) in [6.07, 6.45) is 11.0. The molecule has 0 heterocycles. The summed E-state index contributed by atoms with van der Waals surface area (Å²) < 4.78 is 1.31. The van der Waals surface area contributed by atoms with E-state index >= 15 is 0 Å². The molecule has 0 aliphatic heterocycles. The summed E-state index contributed by atoms with van der Waals surface area (Å²) in [5, 5.41) is 0. The van der Waals surface area contributed by atoms with Crippen molar-refractivity contribution in [1.29, 1.82) is 0 Å². The van der Waals surface area contributed by atoms with E-state index in [0.717, 1.165) is 5.45 Å². The third kappa shape index (κ3) is 8.20. The Balaban J connectivity index is 4.12. The van der Waals surface area contributed by atoms with Gasteiger partial charge < -0.3 is 4.48 Å². The summed E-state index contributed by atoms with van der Waals surface area (Å²) in [4.78, 5) is 0. The number of rotatable bonds is 12. The molecule has 0 bridgehead atoms. The summed E-state index contributed by atoms with van der Waals surface area (Å²) >= 11 is 3.77. The molecule has 0 aliphatic rings. The molecule has 0 rings (SSSR count). The number of halogens is 1. The van der Waals surface area contributed by atoms with Crippen molar-refractivity contribution in [2.75, 3.05) is 25.1 Å². The summed E-state index contributed by atoms with van der Waals surface area (Å²) in [6.45, 7) is 11.0. The van der Waals surface area contributed by atoms with Crippen molar-refractivity contribution in [3.63, 3.8) is 0 Å². The average molecular weight is 307 g/mol. The lowest BCUT2D eigenvalue weighted by atomic mass is 10.1. The Morgan fingerprint density at radius 2 is 1.12 bits per heavy atom. The van der Waals surface area contributed by atoms with Crippen molar-refractivity contribution in [3.8, 4) is 0 Å². The molecule has 0 aliphatic carbocycles. The molecular weight excluding hydrogens is 274 g/mol. The van der Waals surface area contributed by atoms with Crippen LogP contribution in [-0.2, 0) is 0 Å². The highest BCUT2D eigenvalue weighted by molar-refractivity contribution is 9.09. The van der Waals surface area contributed by atoms with Gasteiger partial charge in [-0.1, -0.05) is 46.5 Å². The lowest BCUT2D eigenvalue weighted by molar-refractivity contribution is -0.915.